The van der Waals surface area contributed by atoms with E-state index in [0.29, 0.717) is 0 Å². The second-order valence-electron chi connectivity index (χ2n) is 2.77. The summed E-state index contributed by atoms with van der Waals surface area (Å²) >= 11 is 0. The van der Waals surface area contributed by atoms with Gasteiger partial charge in [0.15, 0.2) is 0 Å². The van der Waals surface area contributed by atoms with Gasteiger partial charge in [-0.05, 0) is 25.2 Å². The monoisotopic (exact) mass is 120 g/mol. The Morgan fingerprint density at radius 1 is 1.78 bits per heavy atom. The number of hydrogen-bond donors (Lipinski definition) is 0. The fraction of sp³-hybridized carbons (Fsp3) is 0.556. The Morgan fingerprint density at radius 3 is 3.00 bits per heavy atom. The SMILES string of the molecule is C#CCC1CCC(=C)C1. The molecule has 0 heteroatoms. The van der Waals surface area contributed by atoms with Gasteiger partial charge in [0.25, 0.3) is 0 Å². The fourth-order valence-electron chi connectivity index (χ4n) is 1.36. The van der Waals surface area contributed by atoms with Gasteiger partial charge < -0.3 is 0 Å². The van der Waals surface area contributed by atoms with Crippen LogP contribution in [0.5, 0.6) is 0 Å². The second kappa shape index (κ2) is 2.73. The molecular formula is C9H12. The lowest BCUT2D eigenvalue weighted by Gasteiger charge is -1.99. The molecule has 0 amide bonds. The lowest BCUT2D eigenvalue weighted by atomic mass is 10.1. The van der Waals surface area contributed by atoms with Crippen LogP contribution in [-0.4, -0.2) is 0 Å². The van der Waals surface area contributed by atoms with E-state index in [1.807, 2.05) is 0 Å². The van der Waals surface area contributed by atoms with E-state index in [-0.39, 0.29) is 0 Å². The summed E-state index contributed by atoms with van der Waals surface area (Å²) in [5.74, 6) is 3.44. The predicted molar refractivity (Wildman–Crippen MR) is 39.9 cm³/mol. The minimum atomic E-state index is 0.752. The molecule has 0 aromatic carbocycles. The highest BCUT2D eigenvalue weighted by molar-refractivity contribution is 5.04. The summed E-state index contributed by atoms with van der Waals surface area (Å²) in [6, 6.07) is 0. The highest BCUT2D eigenvalue weighted by Gasteiger charge is 2.15. The van der Waals surface area contributed by atoms with Gasteiger partial charge in [0.05, 0.1) is 0 Å². The zero-order valence-electron chi connectivity index (χ0n) is 5.69. The van der Waals surface area contributed by atoms with Crippen LogP contribution in [0.4, 0.5) is 0 Å². The van der Waals surface area contributed by atoms with Gasteiger partial charge in [-0.2, -0.15) is 0 Å². The molecule has 0 aromatic rings. The van der Waals surface area contributed by atoms with Crippen LogP contribution in [-0.2, 0) is 0 Å². The summed E-state index contributed by atoms with van der Waals surface area (Å²) in [5.41, 5.74) is 1.38. The first-order valence-electron chi connectivity index (χ1n) is 3.43. The Balaban J connectivity index is 2.32. The molecule has 0 aromatic heterocycles. The van der Waals surface area contributed by atoms with Crippen LogP contribution in [0.3, 0.4) is 0 Å². The van der Waals surface area contributed by atoms with Crippen molar-refractivity contribution in [3.63, 3.8) is 0 Å². The average Bonchev–Trinajstić information content (AvgIpc) is 2.17. The van der Waals surface area contributed by atoms with Crippen molar-refractivity contribution in [2.24, 2.45) is 5.92 Å². The molecule has 1 aliphatic rings. The van der Waals surface area contributed by atoms with E-state index in [4.69, 9.17) is 6.42 Å². The van der Waals surface area contributed by atoms with E-state index in [2.05, 4.69) is 12.5 Å². The summed E-state index contributed by atoms with van der Waals surface area (Å²) in [7, 11) is 0. The molecule has 1 rings (SSSR count). The van der Waals surface area contributed by atoms with Gasteiger partial charge in [0.1, 0.15) is 0 Å². The van der Waals surface area contributed by atoms with Crippen molar-refractivity contribution in [2.45, 2.75) is 25.7 Å². The normalized spacial score (nSPS) is 26.1. The van der Waals surface area contributed by atoms with E-state index in [1.54, 1.807) is 0 Å². The predicted octanol–water partition coefficient (Wildman–Crippen LogP) is 2.37. The average molecular weight is 120 g/mol. The molecule has 0 bridgehead atoms. The second-order valence-corrected chi connectivity index (χ2v) is 2.77. The van der Waals surface area contributed by atoms with Crippen LogP contribution in [0, 0.1) is 18.3 Å². The molecule has 0 saturated heterocycles. The van der Waals surface area contributed by atoms with Gasteiger partial charge in [0, 0.05) is 6.42 Å². The molecule has 9 heavy (non-hydrogen) atoms. The van der Waals surface area contributed by atoms with Gasteiger partial charge in [-0.1, -0.05) is 12.2 Å². The Hall–Kier alpha value is -0.700. The zero-order chi connectivity index (χ0) is 6.69. The smallest absolute Gasteiger partial charge is 0.0118 e. The number of allylic oxidation sites excluding steroid dienone is 1. The molecule has 1 saturated carbocycles. The summed E-state index contributed by atoms with van der Waals surface area (Å²) in [6.07, 6.45) is 9.76. The Labute approximate surface area is 57.0 Å². The van der Waals surface area contributed by atoms with E-state index in [1.165, 1.54) is 24.8 Å². The summed E-state index contributed by atoms with van der Waals surface area (Å²) < 4.78 is 0. The number of terminal acetylenes is 1. The van der Waals surface area contributed by atoms with Crippen molar-refractivity contribution in [1.82, 2.24) is 0 Å². The Bertz CT molecular complexity index is 148. The molecule has 0 spiro atoms. The summed E-state index contributed by atoms with van der Waals surface area (Å²) in [4.78, 5) is 0. The van der Waals surface area contributed by atoms with E-state index in [0.717, 1.165) is 12.3 Å². The zero-order valence-corrected chi connectivity index (χ0v) is 5.69. The van der Waals surface area contributed by atoms with Gasteiger partial charge in [-0.15, -0.1) is 12.3 Å². The lowest BCUT2D eigenvalue weighted by Crippen LogP contribution is -1.88. The van der Waals surface area contributed by atoms with E-state index in [9.17, 15) is 0 Å². The lowest BCUT2D eigenvalue weighted by molar-refractivity contribution is 0.574. The Morgan fingerprint density at radius 2 is 2.56 bits per heavy atom. The molecule has 48 valence electrons. The van der Waals surface area contributed by atoms with Crippen LogP contribution in [0.1, 0.15) is 25.7 Å². The maximum Gasteiger partial charge on any atom is 0.0118 e. The first-order valence-corrected chi connectivity index (χ1v) is 3.43. The molecule has 1 aliphatic carbocycles. The van der Waals surface area contributed by atoms with E-state index >= 15 is 0 Å². The van der Waals surface area contributed by atoms with Crippen molar-refractivity contribution in [2.75, 3.05) is 0 Å². The van der Waals surface area contributed by atoms with Gasteiger partial charge in [-0.25, -0.2) is 0 Å². The van der Waals surface area contributed by atoms with Crippen molar-refractivity contribution in [3.05, 3.63) is 12.2 Å². The van der Waals surface area contributed by atoms with E-state index < -0.39 is 0 Å². The third-order valence-electron chi connectivity index (χ3n) is 1.89. The number of hydrogen-bond acceptors (Lipinski definition) is 0. The molecule has 1 atom stereocenters. The van der Waals surface area contributed by atoms with Crippen molar-refractivity contribution in [1.29, 1.82) is 0 Å². The first-order chi connectivity index (χ1) is 4.33. The maximum atomic E-state index is 5.17. The first kappa shape index (κ1) is 6.42. The maximum absolute atomic E-state index is 5.17. The molecular weight excluding hydrogens is 108 g/mol. The van der Waals surface area contributed by atoms with Crippen LogP contribution < -0.4 is 0 Å². The minimum Gasteiger partial charge on any atom is -0.120 e. The van der Waals surface area contributed by atoms with Crippen LogP contribution in [0.15, 0.2) is 12.2 Å². The van der Waals surface area contributed by atoms with Gasteiger partial charge in [-0.3, -0.25) is 0 Å². The molecule has 0 radical (unpaired) electrons. The fourth-order valence-corrected chi connectivity index (χ4v) is 1.36. The topological polar surface area (TPSA) is 0 Å². The third kappa shape index (κ3) is 1.61. The molecule has 0 heterocycles. The molecule has 0 N–H and O–H groups in total. The number of rotatable bonds is 1. The summed E-state index contributed by atoms with van der Waals surface area (Å²) in [6.45, 7) is 3.92. The molecule has 0 aliphatic heterocycles. The minimum absolute atomic E-state index is 0.752. The standard InChI is InChI=1S/C9H12/c1-3-4-9-6-5-8(2)7-9/h1,9H,2,4-7H2. The highest BCUT2D eigenvalue weighted by atomic mass is 14.2. The highest BCUT2D eigenvalue weighted by Crippen LogP contribution is 2.30. The van der Waals surface area contributed by atoms with Crippen LogP contribution in [0.25, 0.3) is 0 Å². The third-order valence-corrected chi connectivity index (χ3v) is 1.89. The van der Waals surface area contributed by atoms with Gasteiger partial charge >= 0.3 is 0 Å². The van der Waals surface area contributed by atoms with Crippen LogP contribution >= 0.6 is 0 Å². The molecule has 0 nitrogen and oxygen atoms in total. The van der Waals surface area contributed by atoms with Gasteiger partial charge in [0.2, 0.25) is 0 Å². The largest absolute Gasteiger partial charge is 0.120 e. The van der Waals surface area contributed by atoms with Crippen LogP contribution in [0.2, 0.25) is 0 Å². The Kier molecular flexibility index (Phi) is 1.95. The quantitative estimate of drug-likeness (QED) is 0.368. The van der Waals surface area contributed by atoms with Crippen molar-refractivity contribution in [3.8, 4) is 12.3 Å². The van der Waals surface area contributed by atoms with Crippen molar-refractivity contribution < 1.29 is 0 Å². The van der Waals surface area contributed by atoms with Crippen molar-refractivity contribution >= 4 is 0 Å². The molecule has 1 unspecified atom stereocenters. The summed E-state index contributed by atoms with van der Waals surface area (Å²) in [5, 5.41) is 0. The molecule has 1 fully saturated rings.